The molecule has 2 N–H and O–H groups in total. The van der Waals surface area contributed by atoms with E-state index in [0.717, 1.165) is 5.56 Å². The summed E-state index contributed by atoms with van der Waals surface area (Å²) in [6.07, 6.45) is 0.583. The SMILES string of the molecule is CNC(C)(C#N)CCOc1ccccc1CO. The smallest absolute Gasteiger partial charge is 0.124 e. The highest BCUT2D eigenvalue weighted by Crippen LogP contribution is 2.18. The lowest BCUT2D eigenvalue weighted by molar-refractivity contribution is 0.248. The van der Waals surface area contributed by atoms with E-state index in [2.05, 4.69) is 11.4 Å². The predicted molar refractivity (Wildman–Crippen MR) is 65.6 cm³/mol. The number of aliphatic hydroxyl groups excluding tert-OH is 1. The van der Waals surface area contributed by atoms with E-state index >= 15 is 0 Å². The highest BCUT2D eigenvalue weighted by atomic mass is 16.5. The minimum atomic E-state index is -0.575. The van der Waals surface area contributed by atoms with E-state index in [9.17, 15) is 0 Å². The fourth-order valence-electron chi connectivity index (χ4n) is 1.38. The Morgan fingerprint density at radius 2 is 2.18 bits per heavy atom. The van der Waals surface area contributed by atoms with E-state index in [4.69, 9.17) is 15.1 Å². The first kappa shape index (κ1) is 13.5. The average molecular weight is 234 g/mol. The van der Waals surface area contributed by atoms with Crippen molar-refractivity contribution in [3.05, 3.63) is 29.8 Å². The number of hydrogen-bond acceptors (Lipinski definition) is 4. The molecule has 0 spiro atoms. The molecule has 0 saturated carbocycles. The first-order valence-electron chi connectivity index (χ1n) is 5.57. The molecule has 1 rings (SSSR count). The number of aliphatic hydroxyl groups is 1. The second-order valence-electron chi connectivity index (χ2n) is 4.06. The Balaban J connectivity index is 2.54. The molecule has 4 heteroatoms. The quantitative estimate of drug-likeness (QED) is 0.782. The van der Waals surface area contributed by atoms with Crippen LogP contribution in [0.2, 0.25) is 0 Å². The first-order chi connectivity index (χ1) is 8.15. The van der Waals surface area contributed by atoms with E-state index in [1.165, 1.54) is 0 Å². The molecule has 0 radical (unpaired) electrons. The summed E-state index contributed by atoms with van der Waals surface area (Å²) in [6, 6.07) is 9.54. The van der Waals surface area contributed by atoms with Crippen molar-refractivity contribution in [1.29, 1.82) is 5.26 Å². The Labute approximate surface area is 102 Å². The van der Waals surface area contributed by atoms with E-state index in [-0.39, 0.29) is 6.61 Å². The van der Waals surface area contributed by atoms with Crippen LogP contribution in [0.1, 0.15) is 18.9 Å². The van der Waals surface area contributed by atoms with Gasteiger partial charge in [-0.05, 0) is 20.0 Å². The lowest BCUT2D eigenvalue weighted by atomic mass is 10.0. The van der Waals surface area contributed by atoms with E-state index in [0.29, 0.717) is 18.8 Å². The predicted octanol–water partition coefficient (Wildman–Crippen LogP) is 1.45. The van der Waals surface area contributed by atoms with Crippen molar-refractivity contribution >= 4 is 0 Å². The molecular formula is C13H18N2O2. The summed E-state index contributed by atoms with van der Waals surface area (Å²) in [4.78, 5) is 0. The van der Waals surface area contributed by atoms with Gasteiger partial charge in [-0.2, -0.15) is 5.26 Å². The van der Waals surface area contributed by atoms with Crippen molar-refractivity contribution in [1.82, 2.24) is 5.32 Å². The van der Waals surface area contributed by atoms with E-state index < -0.39 is 5.54 Å². The van der Waals surface area contributed by atoms with Gasteiger partial charge >= 0.3 is 0 Å². The third-order valence-electron chi connectivity index (χ3n) is 2.80. The normalized spacial score (nSPS) is 13.8. The van der Waals surface area contributed by atoms with Crippen molar-refractivity contribution in [3.63, 3.8) is 0 Å². The second-order valence-corrected chi connectivity index (χ2v) is 4.06. The van der Waals surface area contributed by atoms with Crippen molar-refractivity contribution in [3.8, 4) is 11.8 Å². The lowest BCUT2D eigenvalue weighted by Crippen LogP contribution is -2.39. The van der Waals surface area contributed by atoms with Gasteiger partial charge in [-0.1, -0.05) is 18.2 Å². The molecule has 1 atom stereocenters. The molecule has 0 aromatic heterocycles. The Kier molecular flexibility index (Phi) is 4.95. The van der Waals surface area contributed by atoms with Crippen molar-refractivity contribution in [2.24, 2.45) is 0 Å². The molecule has 4 nitrogen and oxygen atoms in total. The Hall–Kier alpha value is -1.57. The molecule has 1 aromatic carbocycles. The Morgan fingerprint density at radius 1 is 1.47 bits per heavy atom. The van der Waals surface area contributed by atoms with Crippen molar-refractivity contribution in [2.45, 2.75) is 25.5 Å². The number of ether oxygens (including phenoxy) is 1. The number of nitriles is 1. The van der Waals surface area contributed by atoms with Crippen LogP contribution in [0.3, 0.4) is 0 Å². The number of hydrogen-bond donors (Lipinski definition) is 2. The van der Waals surface area contributed by atoms with Gasteiger partial charge in [-0.15, -0.1) is 0 Å². The molecule has 92 valence electrons. The zero-order valence-electron chi connectivity index (χ0n) is 10.2. The molecule has 0 fully saturated rings. The number of benzene rings is 1. The topological polar surface area (TPSA) is 65.3 Å². The molecule has 0 aliphatic carbocycles. The molecular weight excluding hydrogens is 216 g/mol. The molecule has 0 bridgehead atoms. The third kappa shape index (κ3) is 3.74. The minimum Gasteiger partial charge on any atom is -0.493 e. The Morgan fingerprint density at radius 3 is 2.76 bits per heavy atom. The second kappa shape index (κ2) is 6.24. The maximum absolute atomic E-state index is 9.13. The fourth-order valence-corrected chi connectivity index (χ4v) is 1.38. The van der Waals surface area contributed by atoms with Crippen molar-refractivity contribution in [2.75, 3.05) is 13.7 Å². The highest BCUT2D eigenvalue weighted by Gasteiger charge is 2.20. The van der Waals surface area contributed by atoms with Crippen LogP contribution in [0.4, 0.5) is 0 Å². The van der Waals surface area contributed by atoms with Gasteiger partial charge in [0.2, 0.25) is 0 Å². The summed E-state index contributed by atoms with van der Waals surface area (Å²) < 4.78 is 5.58. The molecule has 1 aromatic rings. The zero-order chi connectivity index (χ0) is 12.7. The molecule has 0 saturated heterocycles. The summed E-state index contributed by atoms with van der Waals surface area (Å²) in [6.45, 7) is 2.22. The summed E-state index contributed by atoms with van der Waals surface area (Å²) in [5.74, 6) is 0.673. The van der Waals surface area contributed by atoms with Crippen LogP contribution in [0.25, 0.3) is 0 Å². The van der Waals surface area contributed by atoms with Crippen LogP contribution >= 0.6 is 0 Å². The van der Waals surface area contributed by atoms with Crippen LogP contribution in [-0.2, 0) is 6.61 Å². The monoisotopic (exact) mass is 234 g/mol. The van der Waals surface area contributed by atoms with Gasteiger partial charge in [-0.3, -0.25) is 0 Å². The summed E-state index contributed by atoms with van der Waals surface area (Å²) >= 11 is 0. The number of para-hydroxylation sites is 1. The maximum Gasteiger partial charge on any atom is 0.124 e. The molecule has 0 amide bonds. The number of nitrogens with zero attached hydrogens (tertiary/aromatic N) is 1. The molecule has 0 aliphatic rings. The zero-order valence-corrected chi connectivity index (χ0v) is 10.2. The average Bonchev–Trinajstić information content (AvgIpc) is 2.39. The van der Waals surface area contributed by atoms with Gasteiger partial charge in [0, 0.05) is 12.0 Å². The Bertz CT molecular complexity index is 401. The number of nitrogens with one attached hydrogen (secondary N) is 1. The highest BCUT2D eigenvalue weighted by molar-refractivity contribution is 5.32. The van der Waals surface area contributed by atoms with Crippen molar-refractivity contribution < 1.29 is 9.84 Å². The maximum atomic E-state index is 9.13. The van der Waals surface area contributed by atoms with Crippen LogP contribution in [0.15, 0.2) is 24.3 Å². The van der Waals surface area contributed by atoms with Gasteiger partial charge in [0.05, 0.1) is 19.3 Å². The molecule has 17 heavy (non-hydrogen) atoms. The fraction of sp³-hybridized carbons (Fsp3) is 0.462. The van der Waals surface area contributed by atoms with Crippen LogP contribution in [0.5, 0.6) is 5.75 Å². The molecule has 1 unspecified atom stereocenters. The van der Waals surface area contributed by atoms with Gasteiger partial charge in [0.25, 0.3) is 0 Å². The van der Waals surface area contributed by atoms with Gasteiger partial charge < -0.3 is 15.2 Å². The first-order valence-corrected chi connectivity index (χ1v) is 5.57. The van der Waals surface area contributed by atoms with E-state index in [1.807, 2.05) is 31.2 Å². The third-order valence-corrected chi connectivity index (χ3v) is 2.80. The van der Waals surface area contributed by atoms with Crippen LogP contribution in [-0.4, -0.2) is 24.3 Å². The lowest BCUT2D eigenvalue weighted by Gasteiger charge is -2.20. The number of rotatable bonds is 6. The van der Waals surface area contributed by atoms with Gasteiger partial charge in [0.15, 0.2) is 0 Å². The summed E-state index contributed by atoms with van der Waals surface area (Å²) in [7, 11) is 1.75. The summed E-state index contributed by atoms with van der Waals surface area (Å²) in [5, 5.41) is 21.1. The van der Waals surface area contributed by atoms with Crippen LogP contribution in [0, 0.1) is 11.3 Å². The van der Waals surface area contributed by atoms with Gasteiger partial charge in [0.1, 0.15) is 11.3 Å². The molecule has 0 heterocycles. The minimum absolute atomic E-state index is 0.0439. The van der Waals surface area contributed by atoms with Crippen LogP contribution < -0.4 is 10.1 Å². The standard InChI is InChI=1S/C13H18N2O2/c1-13(10-14,15-2)7-8-17-12-6-4-3-5-11(12)9-16/h3-6,15-16H,7-9H2,1-2H3. The molecule has 0 aliphatic heterocycles. The van der Waals surface area contributed by atoms with E-state index in [1.54, 1.807) is 7.05 Å². The summed E-state index contributed by atoms with van der Waals surface area (Å²) in [5.41, 5.74) is 0.185. The largest absolute Gasteiger partial charge is 0.493 e. The van der Waals surface area contributed by atoms with Gasteiger partial charge in [-0.25, -0.2) is 0 Å².